The van der Waals surface area contributed by atoms with E-state index in [2.05, 4.69) is 21.2 Å². The predicted molar refractivity (Wildman–Crippen MR) is 47.5 cm³/mol. The molecule has 0 bridgehead atoms. The Bertz CT molecular complexity index is 117. The fourth-order valence-electron chi connectivity index (χ4n) is 0.717. The van der Waals surface area contributed by atoms with E-state index < -0.39 is 5.01 Å². The van der Waals surface area contributed by atoms with Gasteiger partial charge in [-0.2, -0.15) is 0 Å². The zero-order valence-corrected chi connectivity index (χ0v) is 8.23. The number of nitrogens with one attached hydrogen (secondary N) is 1. The monoisotopic (exact) mass is 223 g/mol. The highest BCUT2D eigenvalue weighted by atomic mass is 79.9. The maximum Gasteiger partial charge on any atom is 0.219 e. The maximum atomic E-state index is 10.8. The molecule has 66 valence electrons. The number of rotatable bonds is 5. The number of hydrogen-bond acceptors (Lipinski definition) is 2. The number of alkyl halides is 1. The highest BCUT2D eigenvalue weighted by Crippen LogP contribution is 2.05. The van der Waals surface area contributed by atoms with Crippen molar-refractivity contribution in [3.8, 4) is 0 Å². The number of carbonyl (C=O) groups excluding carboxylic acids is 1. The quantitative estimate of drug-likeness (QED) is 0.684. The van der Waals surface area contributed by atoms with Gasteiger partial charge in [-0.05, 0) is 19.8 Å². The minimum Gasteiger partial charge on any atom is -0.382 e. The lowest BCUT2D eigenvalue weighted by Crippen LogP contribution is -2.22. The lowest BCUT2D eigenvalue weighted by atomic mass is 10.2. The Balaban J connectivity index is 3.17. The third kappa shape index (κ3) is 7.81. The van der Waals surface area contributed by atoms with Gasteiger partial charge in [0.2, 0.25) is 5.91 Å². The number of amides is 1. The van der Waals surface area contributed by atoms with Gasteiger partial charge in [-0.25, -0.2) is 0 Å². The van der Waals surface area contributed by atoms with Crippen LogP contribution in [0.5, 0.6) is 0 Å². The highest BCUT2D eigenvalue weighted by molar-refractivity contribution is 9.09. The van der Waals surface area contributed by atoms with Crippen LogP contribution in [0.4, 0.5) is 0 Å². The van der Waals surface area contributed by atoms with Crippen molar-refractivity contribution in [1.82, 2.24) is 5.32 Å². The van der Waals surface area contributed by atoms with E-state index in [1.165, 1.54) is 0 Å². The van der Waals surface area contributed by atoms with E-state index in [1.807, 2.05) is 6.92 Å². The Labute approximate surface area is 75.3 Å². The summed E-state index contributed by atoms with van der Waals surface area (Å²) in [6, 6.07) is 0. The second-order valence-corrected chi connectivity index (χ2v) is 3.34. The summed E-state index contributed by atoms with van der Waals surface area (Å²) in [7, 11) is 0. The molecule has 3 nitrogen and oxygen atoms in total. The molecular weight excluding hydrogens is 210 g/mol. The highest BCUT2D eigenvalue weighted by Gasteiger charge is 2.01. The summed E-state index contributed by atoms with van der Waals surface area (Å²) in [6.07, 6.45) is 1.84. The van der Waals surface area contributed by atoms with Gasteiger partial charge in [-0.3, -0.25) is 4.79 Å². The Morgan fingerprint density at radius 2 is 2.36 bits per heavy atom. The van der Waals surface area contributed by atoms with Crippen LogP contribution in [0.25, 0.3) is 0 Å². The third-order valence-electron chi connectivity index (χ3n) is 1.22. The molecule has 0 aromatic rings. The number of halogens is 1. The van der Waals surface area contributed by atoms with Crippen molar-refractivity contribution in [2.75, 3.05) is 6.54 Å². The Hall–Kier alpha value is -0.0900. The first kappa shape index (κ1) is 10.9. The summed E-state index contributed by atoms with van der Waals surface area (Å²) in [5.41, 5.74) is 0. The molecular formula is C7H14BrNO2. The van der Waals surface area contributed by atoms with Crippen molar-refractivity contribution in [2.45, 2.75) is 31.2 Å². The molecule has 0 aliphatic rings. The zero-order chi connectivity index (χ0) is 8.69. The van der Waals surface area contributed by atoms with Gasteiger partial charge < -0.3 is 10.4 Å². The van der Waals surface area contributed by atoms with Crippen LogP contribution >= 0.6 is 15.9 Å². The fraction of sp³-hybridized carbons (Fsp3) is 0.857. The SMILES string of the molecule is CCNC(=O)CCCC(O)Br. The summed E-state index contributed by atoms with van der Waals surface area (Å²) in [4.78, 5) is 10.8. The lowest BCUT2D eigenvalue weighted by Gasteiger charge is -2.02. The van der Waals surface area contributed by atoms with Gasteiger partial charge in [0.25, 0.3) is 0 Å². The molecule has 0 spiro atoms. The minimum atomic E-state index is -0.475. The van der Waals surface area contributed by atoms with Crippen molar-refractivity contribution >= 4 is 21.8 Å². The topological polar surface area (TPSA) is 49.3 Å². The van der Waals surface area contributed by atoms with Crippen molar-refractivity contribution in [3.63, 3.8) is 0 Å². The van der Waals surface area contributed by atoms with Crippen molar-refractivity contribution in [3.05, 3.63) is 0 Å². The van der Waals surface area contributed by atoms with E-state index in [-0.39, 0.29) is 5.91 Å². The van der Waals surface area contributed by atoms with Crippen molar-refractivity contribution in [2.24, 2.45) is 0 Å². The molecule has 0 saturated carbocycles. The smallest absolute Gasteiger partial charge is 0.219 e. The number of aliphatic hydroxyl groups excluding tert-OH is 1. The van der Waals surface area contributed by atoms with Gasteiger partial charge >= 0.3 is 0 Å². The molecule has 1 unspecified atom stereocenters. The Morgan fingerprint density at radius 3 is 2.82 bits per heavy atom. The van der Waals surface area contributed by atoms with Gasteiger partial charge in [0, 0.05) is 13.0 Å². The van der Waals surface area contributed by atoms with E-state index in [0.29, 0.717) is 19.4 Å². The zero-order valence-electron chi connectivity index (χ0n) is 6.64. The average Bonchev–Trinajstić information content (AvgIpc) is 1.87. The van der Waals surface area contributed by atoms with E-state index in [1.54, 1.807) is 0 Å². The Morgan fingerprint density at radius 1 is 1.73 bits per heavy atom. The summed E-state index contributed by atoms with van der Waals surface area (Å²) < 4.78 is 0. The standard InChI is InChI=1S/C7H14BrNO2/c1-2-9-7(11)5-3-4-6(8)10/h6,10H,2-5H2,1H3,(H,9,11). The van der Waals surface area contributed by atoms with E-state index in [9.17, 15) is 4.79 Å². The molecule has 0 aromatic carbocycles. The van der Waals surface area contributed by atoms with Crippen LogP contribution < -0.4 is 5.32 Å². The second kappa shape index (κ2) is 6.61. The number of aliphatic hydroxyl groups is 1. The van der Waals surface area contributed by atoms with Gasteiger partial charge in [0.05, 0.1) is 0 Å². The molecule has 0 rings (SSSR count). The first-order valence-electron chi connectivity index (χ1n) is 3.75. The molecule has 11 heavy (non-hydrogen) atoms. The minimum absolute atomic E-state index is 0.0562. The lowest BCUT2D eigenvalue weighted by molar-refractivity contribution is -0.121. The van der Waals surface area contributed by atoms with Crippen molar-refractivity contribution < 1.29 is 9.90 Å². The van der Waals surface area contributed by atoms with Gasteiger partial charge in [-0.1, -0.05) is 15.9 Å². The van der Waals surface area contributed by atoms with Crippen LogP contribution in [0.3, 0.4) is 0 Å². The molecule has 0 saturated heterocycles. The van der Waals surface area contributed by atoms with Crippen LogP contribution in [0.2, 0.25) is 0 Å². The van der Waals surface area contributed by atoms with E-state index >= 15 is 0 Å². The molecule has 0 aliphatic heterocycles. The van der Waals surface area contributed by atoms with Gasteiger partial charge in [0.1, 0.15) is 5.01 Å². The second-order valence-electron chi connectivity index (χ2n) is 2.28. The van der Waals surface area contributed by atoms with E-state index in [4.69, 9.17) is 5.11 Å². The third-order valence-corrected chi connectivity index (χ3v) is 1.68. The summed E-state index contributed by atoms with van der Waals surface area (Å²) >= 11 is 2.99. The maximum absolute atomic E-state index is 10.8. The Kier molecular flexibility index (Phi) is 6.56. The molecule has 4 heteroatoms. The van der Waals surface area contributed by atoms with Gasteiger partial charge in [0.15, 0.2) is 0 Å². The number of hydrogen-bond donors (Lipinski definition) is 2. The summed E-state index contributed by atoms with van der Waals surface area (Å²) in [5, 5.41) is 11.0. The summed E-state index contributed by atoms with van der Waals surface area (Å²) in [6.45, 7) is 2.56. The van der Waals surface area contributed by atoms with Crippen LogP contribution in [-0.4, -0.2) is 22.6 Å². The van der Waals surface area contributed by atoms with Crippen LogP contribution in [-0.2, 0) is 4.79 Å². The molecule has 1 atom stereocenters. The predicted octanol–water partition coefficient (Wildman–Crippen LogP) is 1.01. The molecule has 1 amide bonds. The van der Waals surface area contributed by atoms with E-state index in [0.717, 1.165) is 6.42 Å². The van der Waals surface area contributed by atoms with Gasteiger partial charge in [-0.15, -0.1) is 0 Å². The summed E-state index contributed by atoms with van der Waals surface area (Å²) in [5.74, 6) is 0.0562. The molecule has 0 fully saturated rings. The molecule has 2 N–H and O–H groups in total. The molecule has 0 aromatic heterocycles. The first-order valence-corrected chi connectivity index (χ1v) is 4.67. The number of carbonyl (C=O) groups is 1. The molecule has 0 heterocycles. The average molecular weight is 224 g/mol. The van der Waals surface area contributed by atoms with Crippen molar-refractivity contribution in [1.29, 1.82) is 0 Å². The molecule has 0 radical (unpaired) electrons. The first-order chi connectivity index (χ1) is 5.16. The normalized spacial score (nSPS) is 12.6. The van der Waals surface area contributed by atoms with Crippen LogP contribution in [0, 0.1) is 0 Å². The largest absolute Gasteiger partial charge is 0.382 e. The fourth-order valence-corrected chi connectivity index (χ4v) is 1.04. The van der Waals surface area contributed by atoms with Crippen LogP contribution in [0.1, 0.15) is 26.2 Å². The van der Waals surface area contributed by atoms with Crippen LogP contribution in [0.15, 0.2) is 0 Å². The molecule has 0 aliphatic carbocycles.